The highest BCUT2D eigenvalue weighted by molar-refractivity contribution is 6.03. The summed E-state index contributed by atoms with van der Waals surface area (Å²) in [6.07, 6.45) is 6.98. The molecule has 1 amide bonds. The molecule has 0 bridgehead atoms. The number of anilines is 1. The molecule has 0 aliphatic heterocycles. The van der Waals surface area contributed by atoms with Crippen LogP contribution in [0, 0.1) is 5.92 Å². The van der Waals surface area contributed by atoms with Crippen molar-refractivity contribution in [3.63, 3.8) is 0 Å². The number of amides is 1. The van der Waals surface area contributed by atoms with Gasteiger partial charge in [0.2, 0.25) is 0 Å². The minimum Gasteiger partial charge on any atom is -0.493 e. The molecular weight excluding hydrogens is 454 g/mol. The quantitative estimate of drug-likeness (QED) is 0.269. The monoisotopic (exact) mass is 483 g/mol. The van der Waals surface area contributed by atoms with Crippen LogP contribution in [-0.2, 0) is 11.2 Å². The first-order valence-corrected chi connectivity index (χ1v) is 12.4. The van der Waals surface area contributed by atoms with Crippen molar-refractivity contribution in [1.82, 2.24) is 0 Å². The number of hydrogen-bond acceptors (Lipinski definition) is 4. The van der Waals surface area contributed by atoms with Crippen LogP contribution in [0.4, 0.5) is 5.69 Å². The summed E-state index contributed by atoms with van der Waals surface area (Å²) in [5.74, 6) is 0.578. The van der Waals surface area contributed by atoms with Gasteiger partial charge in [-0.1, -0.05) is 37.1 Å². The molecule has 0 unspecified atom stereocenters. The number of fused-ring (bicyclic) bond motifs is 1. The van der Waals surface area contributed by atoms with Gasteiger partial charge in [-0.2, -0.15) is 0 Å². The van der Waals surface area contributed by atoms with E-state index >= 15 is 0 Å². The smallest absolute Gasteiger partial charge is 0.303 e. The fourth-order valence-corrected chi connectivity index (χ4v) is 4.81. The minimum absolute atomic E-state index is 0.0892. The van der Waals surface area contributed by atoms with Gasteiger partial charge >= 0.3 is 5.97 Å². The molecule has 1 aliphatic rings. The molecule has 6 nitrogen and oxygen atoms in total. The predicted molar refractivity (Wildman–Crippen MR) is 139 cm³/mol. The fraction of sp³-hybridized carbons (Fsp3) is 0.267. The van der Waals surface area contributed by atoms with Gasteiger partial charge in [-0.3, -0.25) is 9.59 Å². The highest BCUT2D eigenvalue weighted by Gasteiger charge is 2.17. The Bertz CT molecular complexity index is 1370. The van der Waals surface area contributed by atoms with Crippen molar-refractivity contribution in [3.05, 3.63) is 84.3 Å². The van der Waals surface area contributed by atoms with Crippen molar-refractivity contribution >= 4 is 28.3 Å². The van der Waals surface area contributed by atoms with Crippen molar-refractivity contribution in [2.45, 2.75) is 38.5 Å². The maximum absolute atomic E-state index is 12.3. The number of nitrogens with one attached hydrogen (secondary N) is 1. The molecule has 1 heterocycles. The van der Waals surface area contributed by atoms with Crippen LogP contribution < -0.4 is 10.1 Å². The zero-order valence-electron chi connectivity index (χ0n) is 20.0. The van der Waals surface area contributed by atoms with Gasteiger partial charge in [0.1, 0.15) is 5.75 Å². The number of hydrogen-bond donors (Lipinski definition) is 2. The summed E-state index contributed by atoms with van der Waals surface area (Å²) in [4.78, 5) is 23.4. The Morgan fingerprint density at radius 3 is 2.56 bits per heavy atom. The Morgan fingerprint density at radius 2 is 1.78 bits per heavy atom. The zero-order chi connectivity index (χ0) is 24.9. The number of rotatable bonds is 9. The van der Waals surface area contributed by atoms with Crippen molar-refractivity contribution in [2.75, 3.05) is 11.9 Å². The van der Waals surface area contributed by atoms with Crippen molar-refractivity contribution < 1.29 is 23.8 Å². The molecule has 0 spiro atoms. The van der Waals surface area contributed by atoms with Crippen LogP contribution in [0.25, 0.3) is 21.9 Å². The lowest BCUT2D eigenvalue weighted by Crippen LogP contribution is -2.10. The third kappa shape index (κ3) is 5.60. The topological polar surface area (TPSA) is 88.8 Å². The molecule has 6 heteroatoms. The molecule has 4 aromatic rings. The number of ether oxygens (including phenoxy) is 1. The van der Waals surface area contributed by atoms with Gasteiger partial charge in [0.15, 0.2) is 5.76 Å². The van der Waals surface area contributed by atoms with Crippen LogP contribution in [0.15, 0.2) is 77.4 Å². The summed E-state index contributed by atoms with van der Waals surface area (Å²) in [5.41, 5.74) is 3.63. The van der Waals surface area contributed by atoms with E-state index in [1.54, 1.807) is 12.1 Å². The van der Waals surface area contributed by atoms with Crippen LogP contribution in [0.3, 0.4) is 0 Å². The summed E-state index contributed by atoms with van der Waals surface area (Å²) >= 11 is 0. The van der Waals surface area contributed by atoms with Gasteiger partial charge in [-0.15, -0.1) is 0 Å². The number of carboxylic acids is 1. The van der Waals surface area contributed by atoms with Gasteiger partial charge in [-0.25, -0.2) is 0 Å². The number of aliphatic carboxylic acids is 1. The number of carbonyl (C=O) groups excluding carboxylic acids is 1. The second-order valence-corrected chi connectivity index (χ2v) is 9.39. The number of aryl methyl sites for hydroxylation is 1. The van der Waals surface area contributed by atoms with Gasteiger partial charge in [-0.05, 0) is 89.5 Å². The Morgan fingerprint density at radius 1 is 0.972 bits per heavy atom. The average molecular weight is 484 g/mol. The van der Waals surface area contributed by atoms with E-state index in [1.807, 2.05) is 48.5 Å². The maximum Gasteiger partial charge on any atom is 0.303 e. The van der Waals surface area contributed by atoms with Crippen LogP contribution in [0.5, 0.6) is 5.75 Å². The first-order valence-electron chi connectivity index (χ1n) is 12.4. The van der Waals surface area contributed by atoms with Gasteiger partial charge in [0.05, 0.1) is 12.9 Å². The lowest BCUT2D eigenvalue weighted by Gasteiger charge is -2.17. The van der Waals surface area contributed by atoms with Crippen molar-refractivity contribution in [3.8, 4) is 16.9 Å². The number of benzene rings is 3. The molecule has 5 rings (SSSR count). The van der Waals surface area contributed by atoms with E-state index in [0.717, 1.165) is 33.2 Å². The first-order chi connectivity index (χ1) is 17.5. The predicted octanol–water partition coefficient (Wildman–Crippen LogP) is 6.94. The first kappa shape index (κ1) is 23.7. The Balaban J connectivity index is 1.41. The largest absolute Gasteiger partial charge is 0.493 e. The summed E-state index contributed by atoms with van der Waals surface area (Å²) in [5, 5.41) is 14.0. The molecular formula is C30H29NO5. The fourth-order valence-electron chi connectivity index (χ4n) is 4.81. The average Bonchev–Trinajstić information content (AvgIpc) is 3.61. The van der Waals surface area contributed by atoms with Gasteiger partial charge in [0, 0.05) is 17.7 Å². The molecule has 3 aromatic carbocycles. The number of carbonyl (C=O) groups is 2. The summed E-state index contributed by atoms with van der Waals surface area (Å²) in [6.45, 7) is 0.702. The van der Waals surface area contributed by atoms with Crippen molar-refractivity contribution in [2.24, 2.45) is 5.92 Å². The van der Waals surface area contributed by atoms with Crippen LogP contribution in [0.2, 0.25) is 0 Å². The third-order valence-corrected chi connectivity index (χ3v) is 6.77. The van der Waals surface area contributed by atoms with Crippen LogP contribution in [0.1, 0.15) is 48.2 Å². The van der Waals surface area contributed by atoms with Crippen molar-refractivity contribution in [1.29, 1.82) is 0 Å². The molecule has 1 saturated carbocycles. The summed E-state index contributed by atoms with van der Waals surface area (Å²) in [6, 6.07) is 21.2. The van der Waals surface area contributed by atoms with Gasteiger partial charge in [0.25, 0.3) is 5.91 Å². The maximum atomic E-state index is 12.3. The van der Waals surface area contributed by atoms with E-state index in [4.69, 9.17) is 14.3 Å². The molecule has 2 N–H and O–H groups in total. The zero-order valence-corrected chi connectivity index (χ0v) is 20.0. The highest BCUT2D eigenvalue weighted by Crippen LogP contribution is 2.35. The molecule has 0 radical (unpaired) electrons. The van der Waals surface area contributed by atoms with E-state index in [1.165, 1.54) is 31.9 Å². The number of carboxylic acid groups (broad SMARTS) is 1. The third-order valence-electron chi connectivity index (χ3n) is 6.77. The molecule has 184 valence electrons. The molecule has 1 aromatic heterocycles. The summed E-state index contributed by atoms with van der Waals surface area (Å²) < 4.78 is 11.5. The Labute approximate surface area is 209 Å². The van der Waals surface area contributed by atoms with E-state index in [-0.39, 0.29) is 18.1 Å². The minimum atomic E-state index is -0.807. The second kappa shape index (κ2) is 10.7. The van der Waals surface area contributed by atoms with E-state index in [0.29, 0.717) is 24.6 Å². The van der Waals surface area contributed by atoms with E-state index < -0.39 is 5.97 Å². The van der Waals surface area contributed by atoms with Crippen LogP contribution >= 0.6 is 0 Å². The highest BCUT2D eigenvalue weighted by atomic mass is 16.5. The number of furan rings is 1. The normalized spacial score (nSPS) is 13.7. The van der Waals surface area contributed by atoms with Crippen LogP contribution in [-0.4, -0.2) is 23.6 Å². The lowest BCUT2D eigenvalue weighted by molar-refractivity contribution is -0.136. The Kier molecular flexibility index (Phi) is 7.03. The van der Waals surface area contributed by atoms with Gasteiger partial charge < -0.3 is 19.6 Å². The Hall–Kier alpha value is -4.06. The van der Waals surface area contributed by atoms with E-state index in [2.05, 4.69) is 11.4 Å². The molecule has 1 aliphatic carbocycles. The second-order valence-electron chi connectivity index (χ2n) is 9.39. The lowest BCUT2D eigenvalue weighted by atomic mass is 9.97. The molecule has 0 atom stereocenters. The standard InChI is InChI=1S/C30H29NO5/c32-29(33)14-8-20-7-13-27(36-19-21-4-1-2-5-21)26(16-20)24-10-9-23-18-25(12-11-22(23)17-24)31-30(34)28-6-3-15-35-28/h3,6-7,9-13,15-18,21H,1-2,4-5,8,14,19H2,(H,31,34)(H,32,33). The molecule has 0 saturated heterocycles. The summed E-state index contributed by atoms with van der Waals surface area (Å²) in [7, 11) is 0. The SMILES string of the molecule is O=C(O)CCc1ccc(OCC2CCCC2)c(-c2ccc3cc(NC(=O)c4ccco4)ccc3c2)c1. The molecule has 36 heavy (non-hydrogen) atoms. The molecule has 1 fully saturated rings. The van der Waals surface area contributed by atoms with E-state index in [9.17, 15) is 9.59 Å².